The standard InChI is InChI=1S/C8H12N2O3/c11-7-5-13-8(12)10(7)6-2-1-3-9-4-6/h6,9H,1-5H2/t6-/m0/s1. The van der Waals surface area contributed by atoms with Gasteiger partial charge in [0.15, 0.2) is 6.61 Å². The number of hydrogen-bond acceptors (Lipinski definition) is 4. The highest BCUT2D eigenvalue weighted by atomic mass is 16.6. The Hall–Kier alpha value is -1.10. The van der Waals surface area contributed by atoms with Gasteiger partial charge in [0, 0.05) is 6.54 Å². The maximum absolute atomic E-state index is 11.2. The summed E-state index contributed by atoms with van der Waals surface area (Å²) in [4.78, 5) is 23.6. The predicted molar refractivity (Wildman–Crippen MR) is 44.1 cm³/mol. The highest BCUT2D eigenvalue weighted by molar-refractivity contribution is 5.98. The van der Waals surface area contributed by atoms with Crippen molar-refractivity contribution >= 4 is 12.0 Å². The molecule has 0 unspecified atom stereocenters. The predicted octanol–water partition coefficient (Wildman–Crippen LogP) is -0.283. The van der Waals surface area contributed by atoms with Gasteiger partial charge >= 0.3 is 6.09 Å². The number of cyclic esters (lactones) is 1. The zero-order valence-electron chi connectivity index (χ0n) is 7.28. The van der Waals surface area contributed by atoms with Crippen molar-refractivity contribution in [2.75, 3.05) is 19.7 Å². The minimum Gasteiger partial charge on any atom is -0.439 e. The van der Waals surface area contributed by atoms with Crippen molar-refractivity contribution < 1.29 is 14.3 Å². The summed E-state index contributed by atoms with van der Waals surface area (Å²) in [5.74, 6) is -0.210. The average Bonchev–Trinajstić information content (AvgIpc) is 2.48. The van der Waals surface area contributed by atoms with Gasteiger partial charge in [0.25, 0.3) is 5.91 Å². The van der Waals surface area contributed by atoms with Crippen LogP contribution in [0.5, 0.6) is 0 Å². The van der Waals surface area contributed by atoms with Crippen molar-refractivity contribution in [2.24, 2.45) is 0 Å². The molecule has 0 aliphatic carbocycles. The molecule has 13 heavy (non-hydrogen) atoms. The molecule has 2 rings (SSSR count). The van der Waals surface area contributed by atoms with Crippen LogP contribution < -0.4 is 5.32 Å². The normalized spacial score (nSPS) is 29.2. The van der Waals surface area contributed by atoms with E-state index in [-0.39, 0.29) is 18.6 Å². The number of nitrogens with one attached hydrogen (secondary N) is 1. The van der Waals surface area contributed by atoms with Crippen LogP contribution in [0.1, 0.15) is 12.8 Å². The van der Waals surface area contributed by atoms with E-state index in [1.165, 1.54) is 4.90 Å². The Morgan fingerprint density at radius 1 is 1.46 bits per heavy atom. The lowest BCUT2D eigenvalue weighted by Gasteiger charge is -2.27. The van der Waals surface area contributed by atoms with Crippen LogP contribution in [0.25, 0.3) is 0 Å². The lowest BCUT2D eigenvalue weighted by Crippen LogP contribution is -2.48. The van der Waals surface area contributed by atoms with Crippen LogP contribution in [-0.2, 0) is 9.53 Å². The van der Waals surface area contributed by atoms with E-state index in [2.05, 4.69) is 10.1 Å². The fourth-order valence-corrected chi connectivity index (χ4v) is 1.77. The number of hydrogen-bond donors (Lipinski definition) is 1. The van der Waals surface area contributed by atoms with Gasteiger partial charge in [-0.15, -0.1) is 0 Å². The number of rotatable bonds is 1. The molecule has 2 saturated heterocycles. The van der Waals surface area contributed by atoms with Gasteiger partial charge in [-0.2, -0.15) is 0 Å². The molecule has 5 heteroatoms. The van der Waals surface area contributed by atoms with Crippen LogP contribution in [0.4, 0.5) is 4.79 Å². The van der Waals surface area contributed by atoms with Gasteiger partial charge in [-0.05, 0) is 19.4 Å². The highest BCUT2D eigenvalue weighted by Gasteiger charge is 2.37. The monoisotopic (exact) mass is 184 g/mol. The number of imide groups is 1. The lowest BCUT2D eigenvalue weighted by molar-refractivity contribution is -0.127. The van der Waals surface area contributed by atoms with Gasteiger partial charge < -0.3 is 10.1 Å². The fourth-order valence-electron chi connectivity index (χ4n) is 1.77. The van der Waals surface area contributed by atoms with Crippen LogP contribution in [0.3, 0.4) is 0 Å². The Bertz CT molecular complexity index is 220. The van der Waals surface area contributed by atoms with Gasteiger partial charge in [0.2, 0.25) is 0 Å². The molecule has 5 nitrogen and oxygen atoms in total. The first-order valence-corrected chi connectivity index (χ1v) is 4.48. The SMILES string of the molecule is O=C1COC(=O)N1[C@H]1CCCNC1. The van der Waals surface area contributed by atoms with Crippen molar-refractivity contribution in [2.45, 2.75) is 18.9 Å². The molecular weight excluding hydrogens is 172 g/mol. The summed E-state index contributed by atoms with van der Waals surface area (Å²) in [5.41, 5.74) is 0. The van der Waals surface area contributed by atoms with Gasteiger partial charge in [-0.25, -0.2) is 9.69 Å². The number of piperidine rings is 1. The number of nitrogens with zero attached hydrogens (tertiary/aromatic N) is 1. The Balaban J connectivity index is 2.05. The molecule has 1 N–H and O–H groups in total. The summed E-state index contributed by atoms with van der Waals surface area (Å²) in [5, 5.41) is 3.15. The second kappa shape index (κ2) is 3.33. The molecule has 1 atom stereocenters. The Labute approximate surface area is 76.0 Å². The third kappa shape index (κ3) is 1.51. The topological polar surface area (TPSA) is 58.6 Å². The smallest absolute Gasteiger partial charge is 0.417 e. The molecule has 0 aromatic carbocycles. The van der Waals surface area contributed by atoms with Crippen LogP contribution in [-0.4, -0.2) is 42.6 Å². The van der Waals surface area contributed by atoms with Crippen molar-refractivity contribution in [1.29, 1.82) is 0 Å². The van der Waals surface area contributed by atoms with Gasteiger partial charge in [0.1, 0.15) is 0 Å². The molecule has 2 heterocycles. The summed E-state index contributed by atoms with van der Waals surface area (Å²) in [6, 6.07) is -0.00347. The molecule has 0 aromatic rings. The first-order valence-electron chi connectivity index (χ1n) is 4.48. The first-order chi connectivity index (χ1) is 6.29. The molecule has 2 aliphatic heterocycles. The van der Waals surface area contributed by atoms with E-state index in [1.807, 2.05) is 0 Å². The fraction of sp³-hybridized carbons (Fsp3) is 0.750. The van der Waals surface area contributed by atoms with Gasteiger partial charge in [-0.1, -0.05) is 0 Å². The number of carbonyl (C=O) groups is 2. The van der Waals surface area contributed by atoms with Crippen molar-refractivity contribution in [1.82, 2.24) is 10.2 Å². The maximum atomic E-state index is 11.2. The highest BCUT2D eigenvalue weighted by Crippen LogP contribution is 2.15. The molecular formula is C8H12N2O3. The molecule has 0 radical (unpaired) electrons. The number of ether oxygens (including phenoxy) is 1. The quantitative estimate of drug-likeness (QED) is 0.608. The minimum absolute atomic E-state index is 0.00347. The van der Waals surface area contributed by atoms with E-state index >= 15 is 0 Å². The van der Waals surface area contributed by atoms with Gasteiger partial charge in [0.05, 0.1) is 6.04 Å². The van der Waals surface area contributed by atoms with Gasteiger partial charge in [-0.3, -0.25) is 4.79 Å². The summed E-state index contributed by atoms with van der Waals surface area (Å²) in [7, 11) is 0. The molecule has 0 bridgehead atoms. The van der Waals surface area contributed by atoms with E-state index < -0.39 is 6.09 Å². The lowest BCUT2D eigenvalue weighted by atomic mass is 10.1. The average molecular weight is 184 g/mol. The zero-order chi connectivity index (χ0) is 9.26. The van der Waals surface area contributed by atoms with E-state index in [0.717, 1.165) is 19.4 Å². The van der Waals surface area contributed by atoms with E-state index in [0.29, 0.717) is 6.54 Å². The minimum atomic E-state index is -0.487. The van der Waals surface area contributed by atoms with E-state index in [9.17, 15) is 9.59 Å². The van der Waals surface area contributed by atoms with Crippen LogP contribution in [0.15, 0.2) is 0 Å². The summed E-state index contributed by atoms with van der Waals surface area (Å²) < 4.78 is 4.64. The molecule has 2 aliphatic rings. The zero-order valence-corrected chi connectivity index (χ0v) is 7.28. The molecule has 0 saturated carbocycles. The molecule has 0 aromatic heterocycles. The maximum Gasteiger partial charge on any atom is 0.417 e. The van der Waals surface area contributed by atoms with Crippen LogP contribution in [0, 0.1) is 0 Å². The Morgan fingerprint density at radius 3 is 2.85 bits per heavy atom. The summed E-state index contributed by atoms with van der Waals surface area (Å²) in [6.07, 6.45) is 1.40. The Kier molecular flexibility index (Phi) is 2.18. The van der Waals surface area contributed by atoms with E-state index in [4.69, 9.17) is 0 Å². The molecule has 0 spiro atoms. The first kappa shape index (κ1) is 8.50. The third-order valence-electron chi connectivity index (χ3n) is 2.42. The second-order valence-corrected chi connectivity index (χ2v) is 3.32. The van der Waals surface area contributed by atoms with Crippen LogP contribution in [0.2, 0.25) is 0 Å². The van der Waals surface area contributed by atoms with Crippen molar-refractivity contribution in [3.63, 3.8) is 0 Å². The van der Waals surface area contributed by atoms with Crippen LogP contribution >= 0.6 is 0 Å². The molecule has 72 valence electrons. The number of amides is 2. The van der Waals surface area contributed by atoms with Crippen molar-refractivity contribution in [3.05, 3.63) is 0 Å². The second-order valence-electron chi connectivity index (χ2n) is 3.32. The van der Waals surface area contributed by atoms with E-state index in [1.54, 1.807) is 0 Å². The molecule has 2 fully saturated rings. The number of carbonyl (C=O) groups excluding carboxylic acids is 2. The summed E-state index contributed by atoms with van der Waals surface area (Å²) >= 11 is 0. The third-order valence-corrected chi connectivity index (χ3v) is 2.42. The summed E-state index contributed by atoms with van der Waals surface area (Å²) in [6.45, 7) is 1.57. The molecule has 2 amide bonds. The Morgan fingerprint density at radius 2 is 2.31 bits per heavy atom. The van der Waals surface area contributed by atoms with Crippen molar-refractivity contribution in [3.8, 4) is 0 Å². The largest absolute Gasteiger partial charge is 0.439 e.